The average Bonchev–Trinajstić information content (AvgIpc) is 2.18. The van der Waals surface area contributed by atoms with Crippen molar-refractivity contribution in [1.82, 2.24) is 0 Å². The summed E-state index contributed by atoms with van der Waals surface area (Å²) < 4.78 is 5.26. The zero-order valence-corrected chi connectivity index (χ0v) is 6.91. The number of rotatable bonds is 0. The first-order valence-electron chi connectivity index (χ1n) is 4.01. The van der Waals surface area contributed by atoms with Crippen molar-refractivity contribution in [2.24, 2.45) is 0 Å². The molecule has 3 nitrogen and oxygen atoms in total. The Hall–Kier alpha value is -1.82. The minimum atomic E-state index is 0.0540. The third kappa shape index (κ3) is 1.27. The standard InChI is InChI=1S/C10H7NO2/c11-6-7-1-2-10-8(5-7)9(12)3-4-13-10/h1-2,5H,3-4H2. The van der Waals surface area contributed by atoms with Crippen LogP contribution in [0, 0.1) is 11.3 Å². The Morgan fingerprint density at radius 2 is 2.31 bits per heavy atom. The van der Waals surface area contributed by atoms with Gasteiger partial charge >= 0.3 is 0 Å². The summed E-state index contributed by atoms with van der Waals surface area (Å²) in [6, 6.07) is 6.89. The third-order valence-corrected chi connectivity index (χ3v) is 2.00. The highest BCUT2D eigenvalue weighted by Gasteiger charge is 2.18. The summed E-state index contributed by atoms with van der Waals surface area (Å²) in [6.07, 6.45) is 0.405. The lowest BCUT2D eigenvalue weighted by Gasteiger charge is -2.15. The molecule has 1 aliphatic heterocycles. The van der Waals surface area contributed by atoms with Crippen LogP contribution in [0.2, 0.25) is 0 Å². The van der Waals surface area contributed by atoms with Crippen LogP contribution >= 0.6 is 0 Å². The molecule has 1 aromatic carbocycles. The lowest BCUT2D eigenvalue weighted by molar-refractivity contribution is 0.0933. The van der Waals surface area contributed by atoms with Crippen LogP contribution in [0.1, 0.15) is 22.3 Å². The van der Waals surface area contributed by atoms with Crippen molar-refractivity contribution in [2.45, 2.75) is 6.42 Å². The van der Waals surface area contributed by atoms with Crippen molar-refractivity contribution in [2.75, 3.05) is 6.61 Å². The van der Waals surface area contributed by atoms with E-state index in [9.17, 15) is 4.79 Å². The molecule has 0 fully saturated rings. The van der Waals surface area contributed by atoms with Gasteiger partial charge in [0.1, 0.15) is 5.75 Å². The van der Waals surface area contributed by atoms with E-state index in [4.69, 9.17) is 10.00 Å². The van der Waals surface area contributed by atoms with Crippen LogP contribution in [0.3, 0.4) is 0 Å². The molecule has 2 rings (SSSR count). The number of hydrogen-bond acceptors (Lipinski definition) is 3. The van der Waals surface area contributed by atoms with Gasteiger partial charge in [0, 0.05) is 6.42 Å². The molecule has 0 bridgehead atoms. The highest BCUT2D eigenvalue weighted by Crippen LogP contribution is 2.25. The molecule has 1 aliphatic rings. The van der Waals surface area contributed by atoms with Gasteiger partial charge in [0.05, 0.1) is 23.8 Å². The van der Waals surface area contributed by atoms with Gasteiger partial charge in [-0.15, -0.1) is 0 Å². The van der Waals surface area contributed by atoms with E-state index >= 15 is 0 Å². The molecule has 0 unspecified atom stereocenters. The van der Waals surface area contributed by atoms with Crippen molar-refractivity contribution in [1.29, 1.82) is 5.26 Å². The van der Waals surface area contributed by atoms with Gasteiger partial charge in [0.15, 0.2) is 5.78 Å². The van der Waals surface area contributed by atoms with E-state index in [1.54, 1.807) is 18.2 Å². The fourth-order valence-corrected chi connectivity index (χ4v) is 1.33. The summed E-state index contributed by atoms with van der Waals surface area (Å²) >= 11 is 0. The van der Waals surface area contributed by atoms with E-state index in [-0.39, 0.29) is 5.78 Å². The van der Waals surface area contributed by atoms with Gasteiger partial charge in [0.2, 0.25) is 0 Å². The second-order valence-corrected chi connectivity index (χ2v) is 2.84. The zero-order valence-electron chi connectivity index (χ0n) is 6.91. The van der Waals surface area contributed by atoms with Gasteiger partial charge in [-0.2, -0.15) is 5.26 Å². The van der Waals surface area contributed by atoms with Crippen LogP contribution in [0.4, 0.5) is 0 Å². The van der Waals surface area contributed by atoms with Crippen LogP contribution in [0.15, 0.2) is 18.2 Å². The summed E-state index contributed by atoms with van der Waals surface area (Å²) in [5, 5.41) is 8.62. The molecule has 1 aromatic rings. The molecule has 0 saturated heterocycles. The van der Waals surface area contributed by atoms with Gasteiger partial charge in [-0.1, -0.05) is 0 Å². The summed E-state index contributed by atoms with van der Waals surface area (Å²) in [6.45, 7) is 0.442. The predicted molar refractivity (Wildman–Crippen MR) is 45.6 cm³/mol. The van der Waals surface area contributed by atoms with Crippen LogP contribution in [-0.4, -0.2) is 12.4 Å². The second-order valence-electron chi connectivity index (χ2n) is 2.84. The molecule has 0 amide bonds. The molecule has 3 heteroatoms. The first-order chi connectivity index (χ1) is 6.31. The van der Waals surface area contributed by atoms with E-state index in [2.05, 4.69) is 0 Å². The topological polar surface area (TPSA) is 50.1 Å². The van der Waals surface area contributed by atoms with Crippen LogP contribution in [0.25, 0.3) is 0 Å². The monoisotopic (exact) mass is 173 g/mol. The third-order valence-electron chi connectivity index (χ3n) is 2.00. The fraction of sp³-hybridized carbons (Fsp3) is 0.200. The summed E-state index contributed by atoms with van der Waals surface area (Å²) in [7, 11) is 0. The summed E-state index contributed by atoms with van der Waals surface area (Å²) in [5.74, 6) is 0.647. The van der Waals surface area contributed by atoms with Crippen LogP contribution < -0.4 is 4.74 Å². The van der Waals surface area contributed by atoms with Crippen molar-refractivity contribution < 1.29 is 9.53 Å². The Balaban J connectivity index is 2.55. The molecule has 64 valence electrons. The molecule has 0 aliphatic carbocycles. The maximum Gasteiger partial charge on any atom is 0.170 e. The van der Waals surface area contributed by atoms with Crippen molar-refractivity contribution in [3.63, 3.8) is 0 Å². The highest BCUT2D eigenvalue weighted by molar-refractivity contribution is 5.99. The van der Waals surface area contributed by atoms with Gasteiger partial charge in [-0.05, 0) is 18.2 Å². The van der Waals surface area contributed by atoms with Crippen molar-refractivity contribution >= 4 is 5.78 Å². The smallest absolute Gasteiger partial charge is 0.170 e. The van der Waals surface area contributed by atoms with Gasteiger partial charge in [0.25, 0.3) is 0 Å². The minimum Gasteiger partial charge on any atom is -0.492 e. The summed E-state index contributed by atoms with van der Waals surface area (Å²) in [5.41, 5.74) is 1.03. The van der Waals surface area contributed by atoms with Crippen LogP contribution in [0.5, 0.6) is 5.75 Å². The first-order valence-corrected chi connectivity index (χ1v) is 4.01. The van der Waals surface area contributed by atoms with Gasteiger partial charge in [-0.25, -0.2) is 0 Å². The second kappa shape index (κ2) is 2.91. The maximum absolute atomic E-state index is 11.4. The van der Waals surface area contributed by atoms with E-state index < -0.39 is 0 Å². The minimum absolute atomic E-state index is 0.0540. The van der Waals surface area contributed by atoms with Gasteiger partial charge < -0.3 is 4.74 Å². The Morgan fingerprint density at radius 1 is 1.46 bits per heavy atom. The van der Waals surface area contributed by atoms with Crippen LogP contribution in [-0.2, 0) is 0 Å². The number of nitriles is 1. The van der Waals surface area contributed by atoms with E-state index in [1.165, 1.54) is 0 Å². The Labute approximate surface area is 75.6 Å². The zero-order chi connectivity index (χ0) is 9.26. The number of ketones is 1. The molecule has 0 radical (unpaired) electrons. The summed E-state index contributed by atoms with van der Waals surface area (Å²) in [4.78, 5) is 11.4. The highest BCUT2D eigenvalue weighted by atomic mass is 16.5. The molecule has 0 spiro atoms. The Morgan fingerprint density at radius 3 is 3.08 bits per heavy atom. The number of Topliss-reactive ketones (excluding diaryl/α,β-unsaturated/α-hetero) is 1. The SMILES string of the molecule is N#Cc1ccc2c(c1)C(=O)CCO2. The number of nitrogens with zero attached hydrogens (tertiary/aromatic N) is 1. The van der Waals surface area contributed by atoms with E-state index in [0.717, 1.165) is 0 Å². The normalized spacial score (nSPS) is 14.2. The molecular weight excluding hydrogens is 166 g/mol. The first kappa shape index (κ1) is 7.81. The van der Waals surface area contributed by atoms with E-state index in [1.807, 2.05) is 6.07 Å². The molecule has 0 saturated carbocycles. The number of hydrogen-bond donors (Lipinski definition) is 0. The Kier molecular flexibility index (Phi) is 1.75. The van der Waals surface area contributed by atoms with Crippen molar-refractivity contribution in [3.8, 4) is 11.8 Å². The number of benzene rings is 1. The number of fused-ring (bicyclic) bond motifs is 1. The number of ether oxygens (including phenoxy) is 1. The molecule has 0 N–H and O–H groups in total. The molecule has 0 aromatic heterocycles. The lowest BCUT2D eigenvalue weighted by Crippen LogP contribution is -2.15. The predicted octanol–water partition coefficient (Wildman–Crippen LogP) is 1.52. The quantitative estimate of drug-likeness (QED) is 0.597. The number of carbonyl (C=O) groups excluding carboxylic acids is 1. The largest absolute Gasteiger partial charge is 0.492 e. The molecular formula is C10H7NO2. The number of carbonyl (C=O) groups is 1. The lowest BCUT2D eigenvalue weighted by atomic mass is 10.0. The Bertz CT molecular complexity index is 404. The molecule has 0 atom stereocenters. The molecule has 1 heterocycles. The van der Waals surface area contributed by atoms with Crippen molar-refractivity contribution in [3.05, 3.63) is 29.3 Å². The maximum atomic E-state index is 11.4. The fourth-order valence-electron chi connectivity index (χ4n) is 1.33. The van der Waals surface area contributed by atoms with E-state index in [0.29, 0.717) is 29.9 Å². The molecule has 13 heavy (non-hydrogen) atoms. The van der Waals surface area contributed by atoms with Gasteiger partial charge in [-0.3, -0.25) is 4.79 Å². The average molecular weight is 173 g/mol.